The van der Waals surface area contributed by atoms with Crippen molar-refractivity contribution in [2.24, 2.45) is 0 Å². The van der Waals surface area contributed by atoms with Crippen LogP contribution in [-0.2, 0) is 20.7 Å². The lowest BCUT2D eigenvalue weighted by Crippen LogP contribution is -2.15. The van der Waals surface area contributed by atoms with Gasteiger partial charge in [-0.15, -0.1) is 0 Å². The fraction of sp³-hybridized carbons (Fsp3) is 0.500. The molecule has 0 aliphatic rings. The maximum Gasteiger partial charge on any atom is 0.313 e. The molecule has 0 amide bonds. The Kier molecular flexibility index (Phi) is 5.79. The highest BCUT2D eigenvalue weighted by molar-refractivity contribution is 5.97. The Hall–Kier alpha value is -2.24. The predicted octanol–water partition coefficient (Wildman–Crippen LogP) is 2.89. The number of rotatable bonds is 6. The van der Waals surface area contributed by atoms with Crippen molar-refractivity contribution in [3.05, 3.63) is 37.9 Å². The normalized spacial score (nSPS) is 10.4. The highest BCUT2D eigenvalue weighted by atomic mass is 16.6. The standard InChI is InChI=1S/C16H21NO5/c1-6-22-15(19)8-13(18)7-14-11(4)9(2)10(3)12(5)16(14)17(20)21/h6-8H2,1-5H3. The summed E-state index contributed by atoms with van der Waals surface area (Å²) in [6.45, 7) is 9.01. The summed E-state index contributed by atoms with van der Waals surface area (Å²) in [5, 5.41) is 11.4. The third-order valence-electron chi connectivity index (χ3n) is 3.98. The van der Waals surface area contributed by atoms with Crippen LogP contribution in [0.3, 0.4) is 0 Å². The Labute approximate surface area is 129 Å². The van der Waals surface area contributed by atoms with Gasteiger partial charge in [-0.3, -0.25) is 19.7 Å². The molecule has 0 aliphatic carbocycles. The van der Waals surface area contributed by atoms with Crippen LogP contribution in [0.15, 0.2) is 0 Å². The van der Waals surface area contributed by atoms with E-state index >= 15 is 0 Å². The zero-order valence-electron chi connectivity index (χ0n) is 13.6. The molecule has 0 aliphatic heterocycles. The maximum atomic E-state index is 12.0. The van der Waals surface area contributed by atoms with Gasteiger partial charge in [0.1, 0.15) is 12.2 Å². The van der Waals surface area contributed by atoms with Gasteiger partial charge in [0.05, 0.1) is 11.5 Å². The molecule has 0 fully saturated rings. The average Bonchev–Trinajstić information content (AvgIpc) is 2.42. The molecule has 1 aromatic rings. The van der Waals surface area contributed by atoms with Gasteiger partial charge in [-0.25, -0.2) is 0 Å². The first kappa shape index (κ1) is 17.8. The molecule has 0 saturated carbocycles. The topological polar surface area (TPSA) is 86.5 Å². The summed E-state index contributed by atoms with van der Waals surface area (Å²) in [5.41, 5.74) is 3.43. The Bertz CT molecular complexity index is 634. The number of hydrogen-bond donors (Lipinski definition) is 0. The van der Waals surface area contributed by atoms with Crippen LogP contribution >= 0.6 is 0 Å². The summed E-state index contributed by atoms with van der Waals surface area (Å²) in [6.07, 6.45) is -0.501. The highest BCUT2D eigenvalue weighted by Crippen LogP contribution is 2.33. The average molecular weight is 307 g/mol. The van der Waals surface area contributed by atoms with Gasteiger partial charge in [0.2, 0.25) is 0 Å². The van der Waals surface area contributed by atoms with Crippen LogP contribution in [0, 0.1) is 37.8 Å². The Morgan fingerprint density at radius 2 is 1.59 bits per heavy atom. The molecule has 120 valence electrons. The van der Waals surface area contributed by atoms with Gasteiger partial charge in [-0.05, 0) is 51.3 Å². The second kappa shape index (κ2) is 7.15. The number of carbonyl (C=O) groups is 2. The van der Waals surface area contributed by atoms with Crippen LogP contribution in [0.1, 0.15) is 41.2 Å². The van der Waals surface area contributed by atoms with Gasteiger partial charge in [0.25, 0.3) is 5.69 Å². The largest absolute Gasteiger partial charge is 0.466 e. The van der Waals surface area contributed by atoms with E-state index in [1.165, 1.54) is 0 Å². The fourth-order valence-electron chi connectivity index (χ4n) is 2.47. The van der Waals surface area contributed by atoms with Crippen molar-refractivity contribution < 1.29 is 19.2 Å². The first-order valence-corrected chi connectivity index (χ1v) is 7.11. The van der Waals surface area contributed by atoms with Crippen molar-refractivity contribution in [1.82, 2.24) is 0 Å². The van der Waals surface area contributed by atoms with Crippen LogP contribution in [0.4, 0.5) is 5.69 Å². The number of benzene rings is 1. The number of Topliss-reactive ketones (excluding diaryl/α,β-unsaturated/α-hetero) is 1. The first-order chi connectivity index (χ1) is 10.2. The van der Waals surface area contributed by atoms with E-state index in [0.717, 1.165) is 16.7 Å². The molecule has 0 saturated heterocycles. The number of nitro groups is 1. The van der Waals surface area contributed by atoms with E-state index in [1.54, 1.807) is 20.8 Å². The third-order valence-corrected chi connectivity index (χ3v) is 3.98. The van der Waals surface area contributed by atoms with Crippen molar-refractivity contribution >= 4 is 17.4 Å². The second-order valence-corrected chi connectivity index (χ2v) is 5.28. The van der Waals surface area contributed by atoms with Crippen LogP contribution in [0.5, 0.6) is 0 Å². The summed E-state index contributed by atoms with van der Waals surface area (Å²) in [4.78, 5) is 34.3. The number of carbonyl (C=O) groups excluding carboxylic acids is 2. The van der Waals surface area contributed by atoms with Crippen molar-refractivity contribution in [2.75, 3.05) is 6.61 Å². The van der Waals surface area contributed by atoms with Crippen molar-refractivity contribution in [3.8, 4) is 0 Å². The van der Waals surface area contributed by atoms with E-state index in [4.69, 9.17) is 4.74 Å². The van der Waals surface area contributed by atoms with E-state index < -0.39 is 10.9 Å². The second-order valence-electron chi connectivity index (χ2n) is 5.28. The van der Waals surface area contributed by atoms with E-state index in [0.29, 0.717) is 11.1 Å². The molecule has 0 aromatic heterocycles. The molecule has 0 bridgehead atoms. The lowest BCUT2D eigenvalue weighted by molar-refractivity contribution is -0.386. The van der Waals surface area contributed by atoms with Crippen LogP contribution in [0.2, 0.25) is 0 Å². The highest BCUT2D eigenvalue weighted by Gasteiger charge is 2.26. The van der Waals surface area contributed by atoms with E-state index in [-0.39, 0.29) is 30.9 Å². The molecule has 1 rings (SSSR count). The molecule has 0 atom stereocenters. The van der Waals surface area contributed by atoms with Crippen LogP contribution in [0.25, 0.3) is 0 Å². The molecule has 0 spiro atoms. The molecule has 0 radical (unpaired) electrons. The summed E-state index contributed by atoms with van der Waals surface area (Å²) >= 11 is 0. The van der Waals surface area contributed by atoms with E-state index in [1.807, 2.05) is 13.8 Å². The molecular formula is C16H21NO5. The monoisotopic (exact) mass is 307 g/mol. The summed E-state index contributed by atoms with van der Waals surface area (Å²) < 4.78 is 4.73. The predicted molar refractivity (Wildman–Crippen MR) is 82.0 cm³/mol. The molecular weight excluding hydrogens is 286 g/mol. The minimum Gasteiger partial charge on any atom is -0.466 e. The Morgan fingerprint density at radius 1 is 1.05 bits per heavy atom. The minimum atomic E-state index is -0.603. The van der Waals surface area contributed by atoms with Crippen molar-refractivity contribution in [2.45, 2.75) is 47.5 Å². The molecule has 0 heterocycles. The first-order valence-electron chi connectivity index (χ1n) is 7.11. The van der Waals surface area contributed by atoms with Crippen molar-refractivity contribution in [3.63, 3.8) is 0 Å². The van der Waals surface area contributed by atoms with Crippen LogP contribution < -0.4 is 0 Å². The number of esters is 1. The molecule has 6 heteroatoms. The van der Waals surface area contributed by atoms with Gasteiger partial charge in [-0.2, -0.15) is 0 Å². The summed E-state index contributed by atoms with van der Waals surface area (Å²) in [6, 6.07) is 0. The van der Waals surface area contributed by atoms with Crippen LogP contribution in [-0.4, -0.2) is 23.3 Å². The van der Waals surface area contributed by atoms with Gasteiger partial charge in [0, 0.05) is 17.5 Å². The zero-order valence-corrected chi connectivity index (χ0v) is 13.6. The molecule has 1 aromatic carbocycles. The quantitative estimate of drug-likeness (QED) is 0.349. The van der Waals surface area contributed by atoms with E-state index in [9.17, 15) is 19.7 Å². The smallest absolute Gasteiger partial charge is 0.313 e. The van der Waals surface area contributed by atoms with E-state index in [2.05, 4.69) is 0 Å². The molecule has 0 unspecified atom stereocenters. The van der Waals surface area contributed by atoms with Gasteiger partial charge >= 0.3 is 5.97 Å². The Balaban J connectivity index is 3.21. The van der Waals surface area contributed by atoms with Gasteiger partial charge in [-0.1, -0.05) is 0 Å². The number of ether oxygens (including phenoxy) is 1. The minimum absolute atomic E-state index is 0.0298. The third kappa shape index (κ3) is 3.69. The molecule has 22 heavy (non-hydrogen) atoms. The summed E-state index contributed by atoms with van der Waals surface area (Å²) in [7, 11) is 0. The van der Waals surface area contributed by atoms with Gasteiger partial charge in [0.15, 0.2) is 0 Å². The summed E-state index contributed by atoms with van der Waals surface area (Å²) in [5.74, 6) is -0.985. The number of hydrogen-bond acceptors (Lipinski definition) is 5. The lowest BCUT2D eigenvalue weighted by atomic mass is 9.89. The Morgan fingerprint density at radius 3 is 2.09 bits per heavy atom. The van der Waals surface area contributed by atoms with Gasteiger partial charge < -0.3 is 4.74 Å². The number of nitro benzene ring substituents is 1. The van der Waals surface area contributed by atoms with Crippen molar-refractivity contribution in [1.29, 1.82) is 0 Å². The number of nitrogens with zero attached hydrogens (tertiary/aromatic N) is 1. The SMILES string of the molecule is CCOC(=O)CC(=O)Cc1c(C)c(C)c(C)c(C)c1[N+](=O)[O-]. The molecule has 0 N–H and O–H groups in total. The maximum absolute atomic E-state index is 12.0. The fourth-order valence-corrected chi connectivity index (χ4v) is 2.47. The number of ketones is 1. The lowest BCUT2D eigenvalue weighted by Gasteiger charge is -2.15. The molecule has 6 nitrogen and oxygen atoms in total. The zero-order chi connectivity index (χ0) is 17.0.